The van der Waals surface area contributed by atoms with Gasteiger partial charge in [-0.2, -0.15) is 0 Å². The van der Waals surface area contributed by atoms with Gasteiger partial charge >= 0.3 is 0 Å². The van der Waals surface area contributed by atoms with Gasteiger partial charge in [0.2, 0.25) is 0 Å². The molecule has 0 amide bonds. The molecule has 0 atom stereocenters. The molecule has 0 aromatic heterocycles. The molecule has 0 aliphatic heterocycles. The number of hydrogen-bond donors (Lipinski definition) is 0. The zero-order chi connectivity index (χ0) is 37.5. The predicted molar refractivity (Wildman–Crippen MR) is 239 cm³/mol. The van der Waals surface area contributed by atoms with E-state index in [1.807, 2.05) is 0 Å². The molecular weight excluding hydrogens is 673 g/mol. The molecule has 0 fully saturated rings. The van der Waals surface area contributed by atoms with Gasteiger partial charge in [-0.25, -0.2) is 0 Å². The third-order valence-electron chi connectivity index (χ3n) is 13.6. The molecule has 264 valence electrons. The summed E-state index contributed by atoms with van der Waals surface area (Å²) in [6.07, 6.45) is 0. The van der Waals surface area contributed by atoms with E-state index in [2.05, 4.69) is 198 Å². The fraction of sp³-hybridized carbons (Fsp3) is 0.107. The third kappa shape index (κ3) is 4.19. The normalized spacial score (nSPS) is 14.7. The maximum atomic E-state index is 2.49. The van der Waals surface area contributed by atoms with Gasteiger partial charge in [0.25, 0.3) is 0 Å². The summed E-state index contributed by atoms with van der Waals surface area (Å²) in [7, 11) is 0. The van der Waals surface area contributed by atoms with Crippen LogP contribution in [0.3, 0.4) is 0 Å². The summed E-state index contributed by atoms with van der Waals surface area (Å²) >= 11 is 0. The average molecular weight is 713 g/mol. The van der Waals surface area contributed by atoms with E-state index in [4.69, 9.17) is 0 Å². The van der Waals surface area contributed by atoms with Crippen LogP contribution in [-0.4, -0.2) is 0 Å². The van der Waals surface area contributed by atoms with Crippen LogP contribution in [0.2, 0.25) is 0 Å². The SMILES string of the molecule is CC1(C)c2ccccc2-c2ccc(-c3ccc4ccc5c(-c6ccc7ccccc7c6)cc(-c6ccc7c(c6)C(C)(C)c6ccccc6-7)c6ccc3c4c65)cc21. The molecule has 0 heterocycles. The van der Waals surface area contributed by atoms with Gasteiger partial charge in [0.05, 0.1) is 0 Å². The molecule has 0 saturated carbocycles. The van der Waals surface area contributed by atoms with Crippen molar-refractivity contribution in [3.05, 3.63) is 192 Å². The molecule has 0 N–H and O–H groups in total. The molecule has 0 unspecified atom stereocenters. The summed E-state index contributed by atoms with van der Waals surface area (Å²) in [5.41, 5.74) is 18.6. The highest BCUT2D eigenvalue weighted by Crippen LogP contribution is 2.53. The van der Waals surface area contributed by atoms with Crippen molar-refractivity contribution in [1.82, 2.24) is 0 Å². The van der Waals surface area contributed by atoms with Crippen molar-refractivity contribution < 1.29 is 0 Å². The zero-order valence-corrected chi connectivity index (χ0v) is 32.2. The molecule has 0 spiro atoms. The molecule has 10 aromatic rings. The van der Waals surface area contributed by atoms with Crippen LogP contribution in [-0.2, 0) is 10.8 Å². The summed E-state index contributed by atoms with van der Waals surface area (Å²) in [6, 6.07) is 64.7. The number of benzene rings is 10. The first-order valence-corrected chi connectivity index (χ1v) is 20.0. The second-order valence-corrected chi connectivity index (χ2v) is 17.3. The van der Waals surface area contributed by atoms with Gasteiger partial charge in [0.15, 0.2) is 0 Å². The van der Waals surface area contributed by atoms with E-state index >= 15 is 0 Å². The van der Waals surface area contributed by atoms with E-state index in [9.17, 15) is 0 Å². The fourth-order valence-corrected chi connectivity index (χ4v) is 10.7. The van der Waals surface area contributed by atoms with Crippen LogP contribution in [0.5, 0.6) is 0 Å². The van der Waals surface area contributed by atoms with Gasteiger partial charge in [-0.15, -0.1) is 0 Å². The second-order valence-electron chi connectivity index (χ2n) is 17.3. The molecule has 2 aliphatic carbocycles. The Kier molecular flexibility index (Phi) is 6.28. The highest BCUT2D eigenvalue weighted by atomic mass is 14.4. The monoisotopic (exact) mass is 712 g/mol. The number of rotatable bonds is 3. The first-order chi connectivity index (χ1) is 27.3. The Hall–Kier alpha value is -6.50. The molecule has 0 radical (unpaired) electrons. The van der Waals surface area contributed by atoms with Crippen LogP contribution < -0.4 is 0 Å². The van der Waals surface area contributed by atoms with Crippen LogP contribution in [0, 0.1) is 0 Å². The molecule has 12 rings (SSSR count). The molecule has 0 nitrogen and oxygen atoms in total. The lowest BCUT2D eigenvalue weighted by Gasteiger charge is -2.23. The summed E-state index contributed by atoms with van der Waals surface area (Å²) < 4.78 is 0. The lowest BCUT2D eigenvalue weighted by molar-refractivity contribution is 0.660. The van der Waals surface area contributed by atoms with Gasteiger partial charge < -0.3 is 0 Å². The van der Waals surface area contributed by atoms with Crippen LogP contribution in [0.15, 0.2) is 170 Å². The smallest absolute Gasteiger partial charge is 0.0159 e. The van der Waals surface area contributed by atoms with E-state index < -0.39 is 0 Å². The molecule has 10 aromatic carbocycles. The van der Waals surface area contributed by atoms with E-state index in [-0.39, 0.29) is 10.8 Å². The fourth-order valence-electron chi connectivity index (χ4n) is 10.7. The minimum atomic E-state index is -0.0758. The van der Waals surface area contributed by atoms with E-state index in [1.165, 1.54) is 121 Å². The second kappa shape index (κ2) is 11.1. The Morgan fingerprint density at radius 2 is 0.696 bits per heavy atom. The Morgan fingerprint density at radius 3 is 1.34 bits per heavy atom. The summed E-state index contributed by atoms with van der Waals surface area (Å²) in [4.78, 5) is 0. The Balaban J connectivity index is 1.13. The average Bonchev–Trinajstić information content (AvgIpc) is 3.61. The minimum Gasteiger partial charge on any atom is -0.0619 e. The zero-order valence-electron chi connectivity index (χ0n) is 32.2. The van der Waals surface area contributed by atoms with Crippen molar-refractivity contribution in [1.29, 1.82) is 0 Å². The van der Waals surface area contributed by atoms with Crippen LogP contribution in [0.25, 0.3) is 98.7 Å². The third-order valence-corrected chi connectivity index (χ3v) is 13.6. The Bertz CT molecular complexity index is 3300. The van der Waals surface area contributed by atoms with E-state index in [0.29, 0.717) is 0 Å². The molecule has 0 heteroatoms. The maximum absolute atomic E-state index is 2.49. The van der Waals surface area contributed by atoms with Crippen LogP contribution in [0.4, 0.5) is 0 Å². The van der Waals surface area contributed by atoms with E-state index in [0.717, 1.165) is 0 Å². The van der Waals surface area contributed by atoms with Crippen LogP contribution >= 0.6 is 0 Å². The largest absolute Gasteiger partial charge is 0.0619 e. The first-order valence-electron chi connectivity index (χ1n) is 20.0. The quantitative estimate of drug-likeness (QED) is 0.160. The number of hydrogen-bond acceptors (Lipinski definition) is 0. The molecule has 56 heavy (non-hydrogen) atoms. The van der Waals surface area contributed by atoms with Crippen molar-refractivity contribution in [3.8, 4) is 55.6 Å². The van der Waals surface area contributed by atoms with Gasteiger partial charge in [0, 0.05) is 10.8 Å². The maximum Gasteiger partial charge on any atom is 0.0159 e. The predicted octanol–water partition coefficient (Wildman–Crippen LogP) is 15.4. The highest BCUT2D eigenvalue weighted by molar-refractivity contribution is 6.30. The topological polar surface area (TPSA) is 0 Å². The molecule has 2 aliphatic rings. The van der Waals surface area contributed by atoms with Gasteiger partial charge in [-0.1, -0.05) is 173 Å². The van der Waals surface area contributed by atoms with Crippen molar-refractivity contribution in [2.45, 2.75) is 38.5 Å². The Labute approximate surface area is 328 Å². The minimum absolute atomic E-state index is 0.0544. The first kappa shape index (κ1) is 31.8. The highest BCUT2D eigenvalue weighted by Gasteiger charge is 2.36. The lowest BCUT2D eigenvalue weighted by Crippen LogP contribution is -2.14. The van der Waals surface area contributed by atoms with Crippen molar-refractivity contribution >= 4 is 43.1 Å². The summed E-state index contributed by atoms with van der Waals surface area (Å²) in [5.74, 6) is 0. The van der Waals surface area contributed by atoms with Crippen molar-refractivity contribution in [2.75, 3.05) is 0 Å². The standard InChI is InChI=1S/C56H40/c1-55(2)49-15-9-7-13-40(49)42-24-21-37(30-51(42)55)39-23-19-34-20-26-45-47(36-18-17-33-11-5-6-12-35(33)29-36)32-48(46-28-27-44(39)53(34)54(45)46)38-22-25-43-41-14-8-10-16-50(41)56(3,4)52(43)31-38/h5-32H,1-4H3. The van der Waals surface area contributed by atoms with Gasteiger partial charge in [0.1, 0.15) is 0 Å². The molecule has 0 saturated heterocycles. The lowest BCUT2D eigenvalue weighted by atomic mass is 9.80. The summed E-state index contributed by atoms with van der Waals surface area (Å²) in [6.45, 7) is 9.51. The van der Waals surface area contributed by atoms with Gasteiger partial charge in [-0.05, 0) is 145 Å². The van der Waals surface area contributed by atoms with Crippen LogP contribution in [0.1, 0.15) is 49.9 Å². The van der Waals surface area contributed by atoms with E-state index in [1.54, 1.807) is 0 Å². The molecule has 0 bridgehead atoms. The summed E-state index contributed by atoms with van der Waals surface area (Å²) in [5, 5.41) is 10.4. The van der Waals surface area contributed by atoms with Gasteiger partial charge in [-0.3, -0.25) is 0 Å². The van der Waals surface area contributed by atoms with Crippen molar-refractivity contribution in [3.63, 3.8) is 0 Å². The number of fused-ring (bicyclic) bond motifs is 7. The Morgan fingerprint density at radius 1 is 0.268 bits per heavy atom. The van der Waals surface area contributed by atoms with Crippen molar-refractivity contribution in [2.24, 2.45) is 0 Å². The molecular formula is C56H40.